The van der Waals surface area contributed by atoms with Gasteiger partial charge in [-0.2, -0.15) is 13.2 Å². The molecule has 0 aliphatic carbocycles. The summed E-state index contributed by atoms with van der Waals surface area (Å²) in [5.41, 5.74) is -0.564. The van der Waals surface area contributed by atoms with Crippen molar-refractivity contribution in [1.29, 1.82) is 0 Å². The van der Waals surface area contributed by atoms with E-state index in [-0.39, 0.29) is 5.92 Å². The third kappa shape index (κ3) is 2.92. The van der Waals surface area contributed by atoms with Crippen LogP contribution in [0.25, 0.3) is 0 Å². The molecule has 1 aromatic rings. The normalized spacial score (nSPS) is 19.4. The van der Waals surface area contributed by atoms with Crippen LogP contribution in [0.3, 0.4) is 0 Å². The van der Waals surface area contributed by atoms with E-state index in [1.807, 2.05) is 11.8 Å². The molecule has 0 radical (unpaired) electrons. The summed E-state index contributed by atoms with van der Waals surface area (Å²) < 4.78 is 39.6. The molecule has 2 nitrogen and oxygen atoms in total. The smallest absolute Gasteiger partial charge is 0.390 e. The van der Waals surface area contributed by atoms with Gasteiger partial charge in [0.25, 0.3) is 0 Å². The predicted molar refractivity (Wildman–Crippen MR) is 73.0 cm³/mol. The molecule has 1 atom stereocenters. The fourth-order valence-corrected chi connectivity index (χ4v) is 3.03. The highest BCUT2D eigenvalue weighted by atomic mass is 19.4. The van der Waals surface area contributed by atoms with E-state index < -0.39 is 17.3 Å². The molecule has 1 heterocycles. The molecule has 1 N–H and O–H groups in total. The molecule has 1 unspecified atom stereocenters. The summed E-state index contributed by atoms with van der Waals surface area (Å²) in [6, 6.07) is 4.32. The van der Waals surface area contributed by atoms with Crippen LogP contribution in [-0.2, 0) is 6.18 Å². The van der Waals surface area contributed by atoms with Crippen LogP contribution in [-0.4, -0.2) is 23.8 Å². The van der Waals surface area contributed by atoms with Gasteiger partial charge in [0, 0.05) is 24.7 Å². The van der Waals surface area contributed by atoms with E-state index in [0.717, 1.165) is 6.07 Å². The summed E-state index contributed by atoms with van der Waals surface area (Å²) in [7, 11) is 0. The molecule has 0 fully saturated rings. The number of alkyl halides is 3. The second-order valence-electron chi connectivity index (χ2n) is 5.99. The number of benzene rings is 1. The molecule has 2 rings (SSSR count). The summed E-state index contributed by atoms with van der Waals surface area (Å²) in [4.78, 5) is 1.95. The Morgan fingerprint density at radius 1 is 1.30 bits per heavy atom. The SMILES string of the molecule is CCN1CC(CC(C)(C)O)c2c1cccc2C(F)(F)F. The van der Waals surface area contributed by atoms with Gasteiger partial charge in [0.2, 0.25) is 0 Å². The van der Waals surface area contributed by atoms with Crippen LogP contribution >= 0.6 is 0 Å². The molecule has 1 aliphatic rings. The van der Waals surface area contributed by atoms with Crippen molar-refractivity contribution in [2.75, 3.05) is 18.0 Å². The number of hydrogen-bond acceptors (Lipinski definition) is 2. The lowest BCUT2D eigenvalue weighted by molar-refractivity contribution is -0.138. The van der Waals surface area contributed by atoms with Crippen molar-refractivity contribution < 1.29 is 18.3 Å². The highest BCUT2D eigenvalue weighted by molar-refractivity contribution is 5.63. The lowest BCUT2D eigenvalue weighted by Crippen LogP contribution is -2.27. The molecule has 20 heavy (non-hydrogen) atoms. The molecule has 0 aromatic heterocycles. The number of fused-ring (bicyclic) bond motifs is 1. The number of anilines is 1. The summed E-state index contributed by atoms with van der Waals surface area (Å²) >= 11 is 0. The van der Waals surface area contributed by atoms with Crippen molar-refractivity contribution in [3.63, 3.8) is 0 Å². The molecule has 0 saturated heterocycles. The molecule has 1 aromatic carbocycles. The average Bonchev–Trinajstić information content (AvgIpc) is 2.64. The van der Waals surface area contributed by atoms with E-state index in [0.29, 0.717) is 30.8 Å². The first-order chi connectivity index (χ1) is 9.13. The number of aliphatic hydroxyl groups is 1. The Kier molecular flexibility index (Phi) is 3.75. The van der Waals surface area contributed by atoms with Crippen molar-refractivity contribution in [2.24, 2.45) is 0 Å². The Balaban J connectivity index is 2.50. The maximum atomic E-state index is 13.2. The predicted octanol–water partition coefficient (Wildman–Crippen LogP) is 3.79. The maximum absolute atomic E-state index is 13.2. The molecule has 0 spiro atoms. The van der Waals surface area contributed by atoms with Crippen LogP contribution in [0.5, 0.6) is 0 Å². The van der Waals surface area contributed by atoms with E-state index in [9.17, 15) is 18.3 Å². The minimum atomic E-state index is -4.35. The Bertz CT molecular complexity index is 491. The maximum Gasteiger partial charge on any atom is 0.416 e. The Hall–Kier alpha value is -1.23. The molecule has 1 aliphatic heterocycles. The van der Waals surface area contributed by atoms with Crippen LogP contribution in [0.1, 0.15) is 44.2 Å². The zero-order valence-electron chi connectivity index (χ0n) is 12.0. The summed E-state index contributed by atoms with van der Waals surface area (Å²) in [5, 5.41) is 9.96. The first kappa shape index (κ1) is 15.2. The van der Waals surface area contributed by atoms with Crippen molar-refractivity contribution in [3.8, 4) is 0 Å². The van der Waals surface area contributed by atoms with Gasteiger partial charge in [-0.15, -0.1) is 0 Å². The molecule has 5 heteroatoms. The third-order valence-corrected chi connectivity index (χ3v) is 3.71. The van der Waals surface area contributed by atoms with Gasteiger partial charge in [-0.05, 0) is 44.9 Å². The number of likely N-dealkylation sites (N-methyl/N-ethyl adjacent to an activating group) is 1. The van der Waals surface area contributed by atoms with Gasteiger partial charge in [-0.1, -0.05) is 6.07 Å². The molecule has 0 amide bonds. The topological polar surface area (TPSA) is 23.5 Å². The minimum absolute atomic E-state index is 0.289. The van der Waals surface area contributed by atoms with Crippen LogP contribution in [0.15, 0.2) is 18.2 Å². The van der Waals surface area contributed by atoms with Crippen molar-refractivity contribution in [3.05, 3.63) is 29.3 Å². The van der Waals surface area contributed by atoms with Gasteiger partial charge in [-0.25, -0.2) is 0 Å². The van der Waals surface area contributed by atoms with E-state index in [2.05, 4.69) is 0 Å². The van der Waals surface area contributed by atoms with E-state index in [4.69, 9.17) is 0 Å². The summed E-state index contributed by atoms with van der Waals surface area (Å²) in [6.07, 6.45) is -4.03. The third-order valence-electron chi connectivity index (χ3n) is 3.71. The van der Waals surface area contributed by atoms with Gasteiger partial charge < -0.3 is 10.0 Å². The van der Waals surface area contributed by atoms with Crippen LogP contribution < -0.4 is 4.90 Å². The van der Waals surface area contributed by atoms with E-state index in [1.54, 1.807) is 19.9 Å². The Morgan fingerprint density at radius 2 is 1.95 bits per heavy atom. The number of hydrogen-bond donors (Lipinski definition) is 1. The van der Waals surface area contributed by atoms with E-state index >= 15 is 0 Å². The summed E-state index contributed by atoms with van der Waals surface area (Å²) in [5.74, 6) is -0.289. The summed E-state index contributed by atoms with van der Waals surface area (Å²) in [6.45, 7) is 6.39. The number of rotatable bonds is 3. The first-order valence-electron chi connectivity index (χ1n) is 6.81. The van der Waals surface area contributed by atoms with Crippen molar-refractivity contribution >= 4 is 5.69 Å². The fourth-order valence-electron chi connectivity index (χ4n) is 3.03. The minimum Gasteiger partial charge on any atom is -0.390 e. The zero-order valence-corrected chi connectivity index (χ0v) is 12.0. The van der Waals surface area contributed by atoms with Gasteiger partial charge in [0.05, 0.1) is 11.2 Å². The molecule has 112 valence electrons. The largest absolute Gasteiger partial charge is 0.416 e. The lowest BCUT2D eigenvalue weighted by Gasteiger charge is -2.24. The van der Waals surface area contributed by atoms with Gasteiger partial charge in [0.1, 0.15) is 0 Å². The highest BCUT2D eigenvalue weighted by Gasteiger charge is 2.41. The second kappa shape index (κ2) is 4.95. The molecular weight excluding hydrogens is 267 g/mol. The Morgan fingerprint density at radius 3 is 2.45 bits per heavy atom. The zero-order chi connectivity index (χ0) is 15.1. The Labute approximate surface area is 117 Å². The monoisotopic (exact) mass is 287 g/mol. The standard InChI is InChI=1S/C15H20F3NO/c1-4-19-9-10(8-14(2,3)20)13-11(15(16,17)18)6-5-7-12(13)19/h5-7,10,20H,4,8-9H2,1-3H3. The van der Waals surface area contributed by atoms with Gasteiger partial charge in [0.15, 0.2) is 0 Å². The number of nitrogens with zero attached hydrogens (tertiary/aromatic N) is 1. The first-order valence-corrected chi connectivity index (χ1v) is 6.81. The second-order valence-corrected chi connectivity index (χ2v) is 5.99. The average molecular weight is 287 g/mol. The fraction of sp³-hybridized carbons (Fsp3) is 0.600. The van der Waals surface area contributed by atoms with Gasteiger partial charge >= 0.3 is 6.18 Å². The number of halogens is 3. The van der Waals surface area contributed by atoms with Crippen LogP contribution in [0.2, 0.25) is 0 Å². The van der Waals surface area contributed by atoms with Crippen molar-refractivity contribution in [1.82, 2.24) is 0 Å². The molecule has 0 bridgehead atoms. The van der Waals surface area contributed by atoms with Crippen LogP contribution in [0.4, 0.5) is 18.9 Å². The molecular formula is C15H20F3NO. The van der Waals surface area contributed by atoms with Gasteiger partial charge in [-0.3, -0.25) is 0 Å². The quantitative estimate of drug-likeness (QED) is 0.914. The van der Waals surface area contributed by atoms with Crippen molar-refractivity contribution in [2.45, 2.75) is 44.9 Å². The van der Waals surface area contributed by atoms with Crippen LogP contribution in [0, 0.1) is 0 Å². The lowest BCUT2D eigenvalue weighted by atomic mass is 9.87. The molecule has 0 saturated carbocycles. The highest BCUT2D eigenvalue weighted by Crippen LogP contribution is 2.46. The van der Waals surface area contributed by atoms with E-state index in [1.165, 1.54) is 6.07 Å².